The molecule has 116 valence electrons. The molecule has 6 heteroatoms. The minimum Gasteiger partial charge on any atom is -0.393 e. The first-order valence-corrected chi connectivity index (χ1v) is 7.44. The lowest BCUT2D eigenvalue weighted by molar-refractivity contribution is 0.129. The van der Waals surface area contributed by atoms with Crippen LogP contribution in [0.4, 0.5) is 9.18 Å². The smallest absolute Gasteiger partial charge is 0.317 e. The molecule has 1 fully saturated rings. The predicted octanol–water partition coefficient (Wildman–Crippen LogP) is 2.95. The highest BCUT2D eigenvalue weighted by Crippen LogP contribution is 2.22. The van der Waals surface area contributed by atoms with Crippen LogP contribution in [0.25, 0.3) is 0 Å². The normalized spacial score (nSPS) is 21.2. The molecule has 1 saturated heterocycles. The fourth-order valence-corrected chi connectivity index (χ4v) is 2.62. The number of nitrogens with one attached hydrogen (secondary N) is 1. The molecule has 0 aliphatic carbocycles. The number of hydrogen-bond acceptors (Lipinski definition) is 2. The lowest BCUT2D eigenvalue weighted by atomic mass is 10.0. The van der Waals surface area contributed by atoms with Gasteiger partial charge in [-0.25, -0.2) is 9.18 Å². The van der Waals surface area contributed by atoms with Crippen molar-refractivity contribution in [2.45, 2.75) is 32.4 Å². The van der Waals surface area contributed by atoms with Crippen LogP contribution in [0.15, 0.2) is 18.2 Å². The molecule has 1 aliphatic rings. The van der Waals surface area contributed by atoms with E-state index in [0.29, 0.717) is 18.7 Å². The summed E-state index contributed by atoms with van der Waals surface area (Å²) in [6.45, 7) is 4.71. The van der Waals surface area contributed by atoms with Gasteiger partial charge < -0.3 is 15.3 Å². The zero-order valence-corrected chi connectivity index (χ0v) is 12.9. The Labute approximate surface area is 128 Å². The quantitative estimate of drug-likeness (QED) is 0.901. The van der Waals surface area contributed by atoms with E-state index in [1.165, 1.54) is 12.1 Å². The van der Waals surface area contributed by atoms with Crippen molar-refractivity contribution in [1.29, 1.82) is 0 Å². The Balaban J connectivity index is 1.95. The van der Waals surface area contributed by atoms with E-state index in [0.717, 1.165) is 6.42 Å². The maximum atomic E-state index is 13.4. The highest BCUT2D eigenvalue weighted by molar-refractivity contribution is 6.30. The van der Waals surface area contributed by atoms with E-state index in [1.807, 2.05) is 0 Å². The number of likely N-dealkylation sites (tertiary alicyclic amines) is 1. The van der Waals surface area contributed by atoms with Crippen LogP contribution in [0.5, 0.6) is 0 Å². The summed E-state index contributed by atoms with van der Waals surface area (Å²) in [6.07, 6.45) is 0.389. The minimum absolute atomic E-state index is 0.0663. The van der Waals surface area contributed by atoms with Crippen molar-refractivity contribution in [3.63, 3.8) is 0 Å². The average molecular weight is 315 g/mol. The summed E-state index contributed by atoms with van der Waals surface area (Å²) in [6, 6.07) is 4.00. The number of aliphatic hydroxyl groups is 1. The summed E-state index contributed by atoms with van der Waals surface area (Å²) in [4.78, 5) is 13.8. The number of aliphatic hydroxyl groups excluding tert-OH is 1. The molecule has 1 aromatic rings. The van der Waals surface area contributed by atoms with Crippen molar-refractivity contribution < 1.29 is 14.3 Å². The van der Waals surface area contributed by atoms with Gasteiger partial charge in [0.05, 0.1) is 17.2 Å². The van der Waals surface area contributed by atoms with Gasteiger partial charge in [-0.3, -0.25) is 0 Å². The van der Waals surface area contributed by atoms with E-state index in [4.69, 9.17) is 11.6 Å². The van der Waals surface area contributed by atoms with Gasteiger partial charge in [0, 0.05) is 19.0 Å². The van der Waals surface area contributed by atoms with E-state index in [9.17, 15) is 14.3 Å². The highest BCUT2D eigenvalue weighted by Gasteiger charge is 2.29. The van der Waals surface area contributed by atoms with Crippen molar-refractivity contribution in [3.05, 3.63) is 34.6 Å². The molecule has 0 radical (unpaired) electrons. The summed E-state index contributed by atoms with van der Waals surface area (Å²) < 4.78 is 13.4. The monoisotopic (exact) mass is 314 g/mol. The summed E-state index contributed by atoms with van der Waals surface area (Å²) in [5.41, 5.74) is 0.663. The summed E-state index contributed by atoms with van der Waals surface area (Å²) >= 11 is 5.65. The Hall–Kier alpha value is -1.33. The van der Waals surface area contributed by atoms with Gasteiger partial charge in [0.2, 0.25) is 0 Å². The van der Waals surface area contributed by atoms with Gasteiger partial charge >= 0.3 is 6.03 Å². The number of nitrogens with zero attached hydrogens (tertiary/aromatic N) is 1. The maximum absolute atomic E-state index is 13.4. The minimum atomic E-state index is -0.495. The second-order valence-corrected chi connectivity index (χ2v) is 5.99. The highest BCUT2D eigenvalue weighted by atomic mass is 35.5. The molecule has 1 aromatic carbocycles. The van der Waals surface area contributed by atoms with Gasteiger partial charge in [0.25, 0.3) is 0 Å². The van der Waals surface area contributed by atoms with E-state index >= 15 is 0 Å². The SMILES string of the molecule is C[C@H](NC(=O)N1CC[C@@H]([C@@H](C)O)C1)c1ccc(Cl)c(F)c1. The van der Waals surface area contributed by atoms with Crippen molar-refractivity contribution in [3.8, 4) is 0 Å². The van der Waals surface area contributed by atoms with Crippen molar-refractivity contribution in [1.82, 2.24) is 10.2 Å². The molecule has 0 spiro atoms. The Kier molecular flexibility index (Phi) is 5.06. The Morgan fingerprint density at radius 1 is 1.52 bits per heavy atom. The molecule has 2 N–H and O–H groups in total. The summed E-state index contributed by atoms with van der Waals surface area (Å²) in [5, 5.41) is 12.5. The number of hydrogen-bond donors (Lipinski definition) is 2. The Morgan fingerprint density at radius 3 is 2.81 bits per heavy atom. The zero-order valence-electron chi connectivity index (χ0n) is 12.1. The van der Waals surface area contributed by atoms with E-state index in [1.54, 1.807) is 24.8 Å². The first-order valence-electron chi connectivity index (χ1n) is 7.07. The molecule has 4 nitrogen and oxygen atoms in total. The molecular weight excluding hydrogens is 295 g/mol. The topological polar surface area (TPSA) is 52.6 Å². The van der Waals surface area contributed by atoms with E-state index in [2.05, 4.69) is 5.32 Å². The largest absolute Gasteiger partial charge is 0.393 e. The third kappa shape index (κ3) is 3.86. The fourth-order valence-electron chi connectivity index (χ4n) is 2.51. The van der Waals surface area contributed by atoms with Gasteiger partial charge in [-0.2, -0.15) is 0 Å². The van der Waals surface area contributed by atoms with Gasteiger partial charge in [0.1, 0.15) is 5.82 Å². The van der Waals surface area contributed by atoms with E-state index < -0.39 is 11.9 Å². The number of rotatable bonds is 3. The van der Waals surface area contributed by atoms with Crippen LogP contribution in [0.1, 0.15) is 31.9 Å². The van der Waals surface area contributed by atoms with Crippen molar-refractivity contribution in [2.75, 3.05) is 13.1 Å². The predicted molar refractivity (Wildman–Crippen MR) is 79.7 cm³/mol. The molecule has 0 bridgehead atoms. The molecule has 1 heterocycles. The summed E-state index contributed by atoms with van der Waals surface area (Å²) in [7, 11) is 0. The fraction of sp³-hybridized carbons (Fsp3) is 0.533. The molecule has 0 saturated carbocycles. The Morgan fingerprint density at radius 2 is 2.24 bits per heavy atom. The molecule has 0 aromatic heterocycles. The zero-order chi connectivity index (χ0) is 15.6. The molecule has 21 heavy (non-hydrogen) atoms. The van der Waals surface area contributed by atoms with Gasteiger partial charge in [-0.1, -0.05) is 17.7 Å². The second-order valence-electron chi connectivity index (χ2n) is 5.58. The molecule has 1 aliphatic heterocycles. The van der Waals surface area contributed by atoms with Crippen LogP contribution in [-0.4, -0.2) is 35.2 Å². The second kappa shape index (κ2) is 6.62. The third-order valence-electron chi connectivity index (χ3n) is 3.98. The van der Waals surface area contributed by atoms with E-state index in [-0.39, 0.29) is 23.0 Å². The van der Waals surface area contributed by atoms with Crippen LogP contribution in [0.2, 0.25) is 5.02 Å². The first-order chi connectivity index (χ1) is 9.88. The summed E-state index contributed by atoms with van der Waals surface area (Å²) in [5.74, 6) is -0.371. The number of amides is 2. The molecule has 3 atom stereocenters. The Bertz CT molecular complexity index is 524. The lowest BCUT2D eigenvalue weighted by Gasteiger charge is -2.22. The number of urea groups is 1. The first kappa shape index (κ1) is 16.0. The number of halogens is 2. The van der Waals surface area contributed by atoms with Gasteiger partial charge in [-0.05, 0) is 38.0 Å². The standard InChI is InChI=1S/C15H20ClFN2O2/c1-9(11-3-4-13(16)14(17)7-11)18-15(21)19-6-5-12(8-19)10(2)20/h3-4,7,9-10,12,20H,5-6,8H2,1-2H3,(H,18,21)/t9-,10+,12+/m0/s1. The van der Waals surface area contributed by atoms with Crippen LogP contribution < -0.4 is 5.32 Å². The maximum Gasteiger partial charge on any atom is 0.317 e. The van der Waals surface area contributed by atoms with Crippen LogP contribution >= 0.6 is 11.6 Å². The number of carbonyl (C=O) groups excluding carboxylic acids is 1. The average Bonchev–Trinajstić information content (AvgIpc) is 2.91. The molecular formula is C15H20ClFN2O2. The number of carbonyl (C=O) groups is 1. The van der Waals surface area contributed by atoms with Crippen molar-refractivity contribution >= 4 is 17.6 Å². The lowest BCUT2D eigenvalue weighted by Crippen LogP contribution is -2.40. The third-order valence-corrected chi connectivity index (χ3v) is 4.28. The van der Waals surface area contributed by atoms with Gasteiger partial charge in [-0.15, -0.1) is 0 Å². The van der Waals surface area contributed by atoms with Gasteiger partial charge in [0.15, 0.2) is 0 Å². The van der Waals surface area contributed by atoms with Crippen molar-refractivity contribution in [2.24, 2.45) is 5.92 Å². The van der Waals surface area contributed by atoms with Crippen LogP contribution in [0.3, 0.4) is 0 Å². The molecule has 0 unspecified atom stereocenters. The molecule has 2 rings (SSSR count). The van der Waals surface area contributed by atoms with Crippen LogP contribution in [-0.2, 0) is 0 Å². The molecule has 2 amide bonds. The van der Waals surface area contributed by atoms with Crippen LogP contribution in [0, 0.1) is 11.7 Å². The number of benzene rings is 1.